The van der Waals surface area contributed by atoms with E-state index >= 15 is 0 Å². The predicted octanol–water partition coefficient (Wildman–Crippen LogP) is 5.05. The van der Waals surface area contributed by atoms with Gasteiger partial charge in [-0.3, -0.25) is 0 Å². The summed E-state index contributed by atoms with van der Waals surface area (Å²) >= 11 is 7.87. The zero-order chi connectivity index (χ0) is 14.7. The Morgan fingerprint density at radius 2 is 1.00 bits per heavy atom. The molecule has 0 bridgehead atoms. The number of halogens is 2. The molecule has 3 aromatic carbocycles. The molecule has 0 aliphatic rings. The van der Waals surface area contributed by atoms with E-state index in [1.165, 1.54) is 15.9 Å². The highest BCUT2D eigenvalue weighted by Gasteiger charge is 2.44. The molecule has 0 saturated heterocycles. The van der Waals surface area contributed by atoms with Crippen molar-refractivity contribution in [2.24, 2.45) is 0 Å². The van der Waals surface area contributed by atoms with Crippen LogP contribution in [0.4, 0.5) is 0 Å². The van der Waals surface area contributed by atoms with E-state index in [1.807, 2.05) is 0 Å². The molecular weight excluding hydrogens is 407 g/mol. The smallest absolute Gasteiger partial charge is 0.0620 e. The van der Waals surface area contributed by atoms with Gasteiger partial charge in [-0.05, 0) is 52.3 Å². The second kappa shape index (κ2) is 6.44. The van der Waals surface area contributed by atoms with Gasteiger partial charge in [-0.2, -0.15) is 0 Å². The van der Waals surface area contributed by atoms with Crippen LogP contribution < -0.4 is 15.9 Å². The summed E-state index contributed by atoms with van der Waals surface area (Å²) in [6.07, 6.45) is 0. The van der Waals surface area contributed by atoms with E-state index in [-0.39, 0.29) is 0 Å². The molecule has 0 radical (unpaired) electrons. The van der Waals surface area contributed by atoms with Crippen molar-refractivity contribution in [3.63, 3.8) is 0 Å². The summed E-state index contributed by atoms with van der Waals surface area (Å²) in [6, 6.07) is 29.8. The van der Waals surface area contributed by atoms with Crippen LogP contribution in [0.2, 0.25) is 0 Å². The molecule has 0 spiro atoms. The Hall–Kier alpha value is -0.950. The Bertz CT molecular complexity index is 687. The van der Waals surface area contributed by atoms with Gasteiger partial charge >= 0.3 is 0 Å². The van der Waals surface area contributed by atoms with Crippen LogP contribution in [-0.2, 0) is 0 Å². The van der Waals surface area contributed by atoms with Gasteiger partial charge in [0.2, 0.25) is 0 Å². The maximum atomic E-state index is 4.14. The molecule has 0 fully saturated rings. The van der Waals surface area contributed by atoms with Crippen molar-refractivity contribution in [1.82, 2.24) is 0 Å². The first kappa shape index (κ1) is 15.0. The molecule has 0 unspecified atom stereocenters. The minimum atomic E-state index is -1.80. The average Bonchev–Trinajstić information content (AvgIpc) is 2.56. The van der Waals surface area contributed by atoms with Gasteiger partial charge in [-0.15, -0.1) is 0 Å². The molecule has 3 aromatic rings. The van der Waals surface area contributed by atoms with Gasteiger partial charge in [0.15, 0.2) is 21.5 Å². The second-order valence-electron chi connectivity index (χ2n) is 4.71. The van der Waals surface area contributed by atoms with Crippen molar-refractivity contribution >= 4 is 53.3 Å². The van der Waals surface area contributed by atoms with Crippen LogP contribution in [0.25, 0.3) is 0 Å². The van der Waals surface area contributed by atoms with Gasteiger partial charge in [0.05, 0.1) is 4.47 Å². The molecule has 0 N–H and O–H groups in total. The molecule has 0 atom stereocenters. The van der Waals surface area contributed by atoms with Gasteiger partial charge in [0, 0.05) is 0 Å². The highest BCUT2D eigenvalue weighted by Crippen LogP contribution is 2.63. The van der Waals surface area contributed by atoms with Crippen molar-refractivity contribution in [2.45, 2.75) is 0 Å². The van der Waals surface area contributed by atoms with Gasteiger partial charge in [0.25, 0.3) is 0 Å². The van der Waals surface area contributed by atoms with Crippen LogP contribution in [-0.4, -0.2) is 0 Å². The molecule has 104 valence electrons. The van der Waals surface area contributed by atoms with Gasteiger partial charge in [-0.25, -0.2) is 0 Å². The average molecular weight is 421 g/mol. The monoisotopic (exact) mass is 419 g/mol. The SMILES string of the molecule is Brc1ccccc1[P+](Br)(c1ccccc1)c1ccccc1. The zero-order valence-electron chi connectivity index (χ0n) is 11.3. The molecule has 3 rings (SSSR count). The quantitative estimate of drug-likeness (QED) is 0.520. The summed E-state index contributed by atoms with van der Waals surface area (Å²) in [5, 5.41) is 3.95. The lowest BCUT2D eigenvalue weighted by molar-refractivity contribution is 1.70. The minimum absolute atomic E-state index is 1.14. The Morgan fingerprint density at radius 1 is 0.571 bits per heavy atom. The Morgan fingerprint density at radius 3 is 1.48 bits per heavy atom. The molecule has 0 amide bonds. The van der Waals surface area contributed by atoms with E-state index in [0.717, 1.165) is 4.47 Å². The summed E-state index contributed by atoms with van der Waals surface area (Å²) < 4.78 is 1.14. The Balaban J connectivity index is 2.29. The third-order valence-electron chi connectivity index (χ3n) is 3.41. The molecule has 0 aliphatic carbocycles. The lowest BCUT2D eigenvalue weighted by atomic mass is 10.4. The van der Waals surface area contributed by atoms with E-state index in [4.69, 9.17) is 0 Å². The van der Waals surface area contributed by atoms with Crippen LogP contribution in [0.1, 0.15) is 0 Å². The van der Waals surface area contributed by atoms with Crippen molar-refractivity contribution in [3.05, 3.63) is 89.4 Å². The fourth-order valence-electron chi connectivity index (χ4n) is 2.40. The van der Waals surface area contributed by atoms with E-state index in [9.17, 15) is 0 Å². The van der Waals surface area contributed by atoms with E-state index in [2.05, 4.69) is 116 Å². The fraction of sp³-hybridized carbons (Fsp3) is 0. The standard InChI is InChI=1S/C18H14Br2P/c19-17-13-7-8-14-18(17)21(20,15-9-3-1-4-10-15)16-11-5-2-6-12-16/h1-14H/q+1. The van der Waals surface area contributed by atoms with Crippen molar-refractivity contribution in [1.29, 1.82) is 0 Å². The molecule has 0 aromatic heterocycles. The first-order valence-corrected chi connectivity index (χ1v) is 11.3. The van der Waals surface area contributed by atoms with Crippen molar-refractivity contribution in [3.8, 4) is 0 Å². The first-order valence-electron chi connectivity index (χ1n) is 6.68. The van der Waals surface area contributed by atoms with Crippen LogP contribution in [0.15, 0.2) is 89.4 Å². The summed E-state index contributed by atoms with van der Waals surface area (Å²) in [6.45, 7) is 0. The van der Waals surface area contributed by atoms with Crippen molar-refractivity contribution in [2.75, 3.05) is 0 Å². The van der Waals surface area contributed by atoms with Crippen LogP contribution in [0.5, 0.6) is 0 Å². The number of hydrogen-bond donors (Lipinski definition) is 0. The van der Waals surface area contributed by atoms with E-state index in [0.29, 0.717) is 0 Å². The summed E-state index contributed by atoms with van der Waals surface area (Å²) in [7, 11) is 0. The molecule has 0 saturated carbocycles. The predicted molar refractivity (Wildman–Crippen MR) is 102 cm³/mol. The van der Waals surface area contributed by atoms with Gasteiger partial charge < -0.3 is 0 Å². The van der Waals surface area contributed by atoms with E-state index in [1.54, 1.807) is 0 Å². The highest BCUT2D eigenvalue weighted by atomic mass is 79.9. The lowest BCUT2D eigenvalue weighted by Crippen LogP contribution is -2.27. The first-order chi connectivity index (χ1) is 10.2. The molecule has 21 heavy (non-hydrogen) atoms. The zero-order valence-corrected chi connectivity index (χ0v) is 15.4. The molecule has 0 nitrogen and oxygen atoms in total. The van der Waals surface area contributed by atoms with E-state index < -0.39 is 5.96 Å². The van der Waals surface area contributed by atoms with Gasteiger partial charge in [0.1, 0.15) is 15.9 Å². The maximum Gasteiger partial charge on any atom is 0.182 e. The second-order valence-corrected chi connectivity index (χ2v) is 11.5. The Kier molecular flexibility index (Phi) is 4.59. The third kappa shape index (κ3) is 2.85. The van der Waals surface area contributed by atoms with Gasteiger partial charge in [-0.1, -0.05) is 48.5 Å². The number of hydrogen-bond acceptors (Lipinski definition) is 0. The van der Waals surface area contributed by atoms with Crippen molar-refractivity contribution < 1.29 is 0 Å². The highest BCUT2D eigenvalue weighted by molar-refractivity contribution is 9.44. The van der Waals surface area contributed by atoms with Crippen LogP contribution in [0.3, 0.4) is 0 Å². The largest absolute Gasteiger partial charge is 0.182 e. The molecular formula is C18H14Br2P+. The van der Waals surface area contributed by atoms with Crippen LogP contribution >= 0.6 is 37.4 Å². The minimum Gasteiger partial charge on any atom is -0.0620 e. The lowest BCUT2D eigenvalue weighted by Gasteiger charge is -2.20. The summed E-state index contributed by atoms with van der Waals surface area (Å²) in [5.41, 5.74) is 0. The molecule has 0 heterocycles. The summed E-state index contributed by atoms with van der Waals surface area (Å²) in [4.78, 5) is 0. The number of benzene rings is 3. The molecule has 3 heteroatoms. The maximum absolute atomic E-state index is 4.14. The topological polar surface area (TPSA) is 0 Å². The molecule has 0 aliphatic heterocycles. The van der Waals surface area contributed by atoms with Crippen LogP contribution in [0, 0.1) is 0 Å². The Labute approximate surface area is 142 Å². The normalized spacial score (nSPS) is 11.3. The fourth-order valence-corrected chi connectivity index (χ4v) is 9.22. The number of rotatable bonds is 3. The summed E-state index contributed by atoms with van der Waals surface area (Å²) in [5.74, 6) is -1.80. The third-order valence-corrected chi connectivity index (χ3v) is 11.1.